The Bertz CT molecular complexity index is 716. The third-order valence-electron chi connectivity index (χ3n) is 3.27. The molecule has 0 saturated heterocycles. The molecule has 2 amide bonds. The van der Waals surface area contributed by atoms with Gasteiger partial charge in [0.15, 0.2) is 6.10 Å². The number of halogens is 1. The topological polar surface area (TPSA) is 67.4 Å². The van der Waals surface area contributed by atoms with E-state index < -0.39 is 17.9 Å². The Balaban J connectivity index is 1.79. The van der Waals surface area contributed by atoms with Crippen LogP contribution in [0, 0.1) is 12.7 Å². The molecule has 0 bridgehead atoms. The maximum atomic E-state index is 12.8. The summed E-state index contributed by atoms with van der Waals surface area (Å²) in [5, 5.41) is 0. The molecule has 0 radical (unpaired) electrons. The highest BCUT2D eigenvalue weighted by Crippen LogP contribution is 2.14. The predicted octanol–water partition coefficient (Wildman–Crippen LogP) is 2.29. The van der Waals surface area contributed by atoms with E-state index in [9.17, 15) is 14.0 Å². The summed E-state index contributed by atoms with van der Waals surface area (Å²) in [5.41, 5.74) is 6.29. The Hall–Kier alpha value is -2.89. The maximum absolute atomic E-state index is 12.8. The van der Waals surface area contributed by atoms with Crippen molar-refractivity contribution in [3.63, 3.8) is 0 Å². The molecule has 1 unspecified atom stereocenters. The SMILES string of the molecule is Cc1cccc(OC(C)C(=O)NNC(=O)Cc2ccc(F)cc2)c1. The number of carbonyl (C=O) groups excluding carboxylic acids is 2. The largest absolute Gasteiger partial charge is 0.481 e. The number of hydrogen-bond donors (Lipinski definition) is 2. The van der Waals surface area contributed by atoms with Crippen LogP contribution in [0.15, 0.2) is 48.5 Å². The number of rotatable bonds is 5. The van der Waals surface area contributed by atoms with E-state index in [-0.39, 0.29) is 12.2 Å². The van der Waals surface area contributed by atoms with E-state index >= 15 is 0 Å². The number of aryl methyl sites for hydroxylation is 1. The van der Waals surface area contributed by atoms with Gasteiger partial charge in [-0.15, -0.1) is 0 Å². The second-order valence-corrected chi connectivity index (χ2v) is 5.42. The van der Waals surface area contributed by atoms with Gasteiger partial charge in [0.25, 0.3) is 5.91 Å². The van der Waals surface area contributed by atoms with Crippen LogP contribution < -0.4 is 15.6 Å². The first-order valence-corrected chi connectivity index (χ1v) is 7.50. The molecule has 5 nitrogen and oxygen atoms in total. The van der Waals surface area contributed by atoms with Crippen LogP contribution in [0.5, 0.6) is 5.75 Å². The standard InChI is InChI=1S/C18H19FN2O3/c1-12-4-3-5-16(10-12)24-13(2)18(23)21-20-17(22)11-14-6-8-15(19)9-7-14/h3-10,13H,11H2,1-2H3,(H,20,22)(H,21,23). The monoisotopic (exact) mass is 330 g/mol. The van der Waals surface area contributed by atoms with E-state index in [4.69, 9.17) is 4.74 Å². The van der Waals surface area contributed by atoms with E-state index in [1.165, 1.54) is 24.3 Å². The Morgan fingerprint density at radius 1 is 1.12 bits per heavy atom. The first-order valence-electron chi connectivity index (χ1n) is 7.50. The lowest BCUT2D eigenvalue weighted by Gasteiger charge is -2.15. The highest BCUT2D eigenvalue weighted by molar-refractivity contribution is 5.85. The van der Waals surface area contributed by atoms with Crippen molar-refractivity contribution < 1.29 is 18.7 Å². The number of hydrogen-bond acceptors (Lipinski definition) is 3. The normalized spacial score (nSPS) is 11.5. The molecule has 2 aromatic carbocycles. The highest BCUT2D eigenvalue weighted by atomic mass is 19.1. The van der Waals surface area contributed by atoms with E-state index in [1.54, 1.807) is 13.0 Å². The van der Waals surface area contributed by atoms with E-state index in [1.807, 2.05) is 25.1 Å². The van der Waals surface area contributed by atoms with Crippen molar-refractivity contribution in [1.82, 2.24) is 10.9 Å². The average molecular weight is 330 g/mol. The van der Waals surface area contributed by atoms with Crippen molar-refractivity contribution in [2.45, 2.75) is 26.4 Å². The minimum absolute atomic E-state index is 0.0354. The molecule has 2 aromatic rings. The van der Waals surface area contributed by atoms with Crippen LogP contribution in [0.25, 0.3) is 0 Å². The number of nitrogens with one attached hydrogen (secondary N) is 2. The molecule has 0 saturated carbocycles. The molecule has 0 aromatic heterocycles. The minimum Gasteiger partial charge on any atom is -0.481 e. The molecule has 126 valence electrons. The first kappa shape index (κ1) is 17.5. The molecule has 1 atom stereocenters. The smallest absolute Gasteiger partial charge is 0.279 e. The molecule has 0 spiro atoms. The zero-order valence-electron chi connectivity index (χ0n) is 13.5. The maximum Gasteiger partial charge on any atom is 0.279 e. The van der Waals surface area contributed by atoms with Gasteiger partial charge in [-0.25, -0.2) is 4.39 Å². The molecule has 0 fully saturated rings. The van der Waals surface area contributed by atoms with Gasteiger partial charge in [-0.2, -0.15) is 0 Å². The fourth-order valence-electron chi connectivity index (χ4n) is 2.01. The number of ether oxygens (including phenoxy) is 1. The third-order valence-corrected chi connectivity index (χ3v) is 3.27. The summed E-state index contributed by atoms with van der Waals surface area (Å²) >= 11 is 0. The lowest BCUT2D eigenvalue weighted by molar-refractivity contribution is -0.132. The van der Waals surface area contributed by atoms with E-state index in [2.05, 4.69) is 10.9 Å². The molecule has 2 N–H and O–H groups in total. The Morgan fingerprint density at radius 3 is 2.50 bits per heavy atom. The summed E-state index contributed by atoms with van der Waals surface area (Å²) in [6.07, 6.45) is -0.730. The van der Waals surface area contributed by atoms with Crippen LogP contribution in [0.2, 0.25) is 0 Å². The Morgan fingerprint density at radius 2 is 1.83 bits per heavy atom. The molecule has 0 aliphatic rings. The van der Waals surface area contributed by atoms with Gasteiger partial charge in [-0.1, -0.05) is 24.3 Å². The summed E-state index contributed by atoms with van der Waals surface area (Å²) in [6.45, 7) is 3.51. The summed E-state index contributed by atoms with van der Waals surface area (Å²) < 4.78 is 18.3. The molecule has 0 aliphatic heterocycles. The second kappa shape index (κ2) is 8.10. The Kier molecular flexibility index (Phi) is 5.89. The van der Waals surface area contributed by atoms with Crippen molar-refractivity contribution in [3.05, 3.63) is 65.5 Å². The number of hydrazine groups is 1. The summed E-state index contributed by atoms with van der Waals surface area (Å²) in [5.74, 6) is -0.661. The zero-order valence-corrected chi connectivity index (χ0v) is 13.5. The number of carbonyl (C=O) groups is 2. The van der Waals surface area contributed by atoms with Gasteiger partial charge in [0.2, 0.25) is 5.91 Å². The third kappa shape index (κ3) is 5.39. The van der Waals surface area contributed by atoms with Gasteiger partial charge in [-0.3, -0.25) is 20.4 Å². The van der Waals surface area contributed by atoms with Crippen molar-refractivity contribution in [2.24, 2.45) is 0 Å². The highest BCUT2D eigenvalue weighted by Gasteiger charge is 2.15. The zero-order chi connectivity index (χ0) is 17.5. The molecule has 2 rings (SSSR count). The van der Waals surface area contributed by atoms with Crippen LogP contribution in [0.1, 0.15) is 18.1 Å². The van der Waals surface area contributed by atoms with Gasteiger partial charge in [0, 0.05) is 0 Å². The fourth-order valence-corrected chi connectivity index (χ4v) is 2.01. The van der Waals surface area contributed by atoms with Crippen molar-refractivity contribution >= 4 is 11.8 Å². The van der Waals surface area contributed by atoms with Crippen LogP contribution in [0.3, 0.4) is 0 Å². The average Bonchev–Trinajstić information content (AvgIpc) is 2.54. The summed E-state index contributed by atoms with van der Waals surface area (Å²) in [7, 11) is 0. The summed E-state index contributed by atoms with van der Waals surface area (Å²) in [4.78, 5) is 23.7. The molecule has 6 heteroatoms. The van der Waals surface area contributed by atoms with Crippen LogP contribution in [-0.4, -0.2) is 17.9 Å². The van der Waals surface area contributed by atoms with Crippen molar-refractivity contribution in [3.8, 4) is 5.75 Å². The van der Waals surface area contributed by atoms with Crippen LogP contribution in [-0.2, 0) is 16.0 Å². The van der Waals surface area contributed by atoms with Crippen LogP contribution in [0.4, 0.5) is 4.39 Å². The van der Waals surface area contributed by atoms with Gasteiger partial charge >= 0.3 is 0 Å². The second-order valence-electron chi connectivity index (χ2n) is 5.42. The minimum atomic E-state index is -0.766. The van der Waals surface area contributed by atoms with E-state index in [0.29, 0.717) is 11.3 Å². The number of benzene rings is 2. The van der Waals surface area contributed by atoms with Crippen LogP contribution >= 0.6 is 0 Å². The van der Waals surface area contributed by atoms with Gasteiger partial charge in [0.05, 0.1) is 6.42 Å². The van der Waals surface area contributed by atoms with Crippen molar-refractivity contribution in [2.75, 3.05) is 0 Å². The predicted molar refractivity (Wildman–Crippen MR) is 87.7 cm³/mol. The fraction of sp³-hybridized carbons (Fsp3) is 0.222. The lowest BCUT2D eigenvalue weighted by atomic mass is 10.1. The number of amides is 2. The van der Waals surface area contributed by atoms with Gasteiger partial charge < -0.3 is 4.74 Å². The lowest BCUT2D eigenvalue weighted by Crippen LogP contribution is -2.47. The molecule has 24 heavy (non-hydrogen) atoms. The molecular formula is C18H19FN2O3. The van der Waals surface area contributed by atoms with Gasteiger partial charge in [-0.05, 0) is 49.2 Å². The van der Waals surface area contributed by atoms with Crippen molar-refractivity contribution in [1.29, 1.82) is 0 Å². The van der Waals surface area contributed by atoms with E-state index in [0.717, 1.165) is 5.56 Å². The first-order chi connectivity index (χ1) is 11.4. The molecular weight excluding hydrogens is 311 g/mol. The summed E-state index contributed by atoms with van der Waals surface area (Å²) in [6, 6.07) is 12.9. The molecule has 0 heterocycles. The Labute approximate surface area is 139 Å². The quantitative estimate of drug-likeness (QED) is 0.827. The van der Waals surface area contributed by atoms with Gasteiger partial charge in [0.1, 0.15) is 11.6 Å². The molecule has 0 aliphatic carbocycles.